The Balaban J connectivity index is 2.62. The van der Waals surface area contributed by atoms with Gasteiger partial charge >= 0.3 is 0 Å². The summed E-state index contributed by atoms with van der Waals surface area (Å²) in [6, 6.07) is 0.0532. The number of hydrogen-bond donors (Lipinski definition) is 1. The average Bonchev–Trinajstić information content (AvgIpc) is 2.50. The molecule has 0 aromatic carbocycles. The first-order valence-electron chi connectivity index (χ1n) is 4.99. The van der Waals surface area contributed by atoms with E-state index in [1.165, 1.54) is 0 Å². The smallest absolute Gasteiger partial charge is 0.219 e. The van der Waals surface area contributed by atoms with Crippen LogP contribution in [-0.2, 0) is 4.79 Å². The molecule has 1 saturated heterocycles. The first kappa shape index (κ1) is 10.5. The molecular formula is C10H19NO2. The fourth-order valence-corrected chi connectivity index (χ4v) is 1.98. The number of hydrogen-bond acceptors (Lipinski definition) is 2. The predicted octanol–water partition coefficient (Wildman–Crippen LogP) is 1.01. The maximum absolute atomic E-state index is 11.2. The minimum Gasteiger partial charge on any atom is -0.391 e. The van der Waals surface area contributed by atoms with Gasteiger partial charge in [0.25, 0.3) is 0 Å². The number of carbonyl (C=O) groups excluding carboxylic acids is 1. The summed E-state index contributed by atoms with van der Waals surface area (Å²) in [6.07, 6.45) is 1.60. The van der Waals surface area contributed by atoms with Crippen LogP contribution in [0.3, 0.4) is 0 Å². The molecule has 0 bridgehead atoms. The SMILES string of the molecule is CC(=O)N1CCCC1C(O)C(C)C. The third kappa shape index (κ3) is 2.21. The molecule has 1 aliphatic rings. The van der Waals surface area contributed by atoms with Crippen molar-refractivity contribution in [3.8, 4) is 0 Å². The van der Waals surface area contributed by atoms with Crippen molar-refractivity contribution in [2.75, 3.05) is 6.54 Å². The zero-order chi connectivity index (χ0) is 10.0. The van der Waals surface area contributed by atoms with Crippen LogP contribution in [0, 0.1) is 5.92 Å². The lowest BCUT2D eigenvalue weighted by atomic mass is 9.98. The summed E-state index contributed by atoms with van der Waals surface area (Å²) in [6.45, 7) is 6.36. The summed E-state index contributed by atoms with van der Waals surface area (Å²) in [4.78, 5) is 13.0. The van der Waals surface area contributed by atoms with Crippen molar-refractivity contribution < 1.29 is 9.90 Å². The molecule has 1 fully saturated rings. The van der Waals surface area contributed by atoms with Crippen LogP contribution in [0.1, 0.15) is 33.6 Å². The zero-order valence-electron chi connectivity index (χ0n) is 8.66. The number of aliphatic hydroxyl groups is 1. The number of aliphatic hydroxyl groups excluding tert-OH is 1. The van der Waals surface area contributed by atoms with Crippen LogP contribution < -0.4 is 0 Å². The van der Waals surface area contributed by atoms with E-state index < -0.39 is 0 Å². The van der Waals surface area contributed by atoms with Crippen molar-refractivity contribution in [1.82, 2.24) is 4.90 Å². The second kappa shape index (κ2) is 4.09. The lowest BCUT2D eigenvalue weighted by Gasteiger charge is -2.29. The fourth-order valence-electron chi connectivity index (χ4n) is 1.98. The molecule has 1 amide bonds. The largest absolute Gasteiger partial charge is 0.391 e. The Hall–Kier alpha value is -0.570. The van der Waals surface area contributed by atoms with Crippen molar-refractivity contribution in [2.45, 2.75) is 45.8 Å². The van der Waals surface area contributed by atoms with Gasteiger partial charge in [0.2, 0.25) is 5.91 Å². The molecule has 0 aromatic rings. The molecule has 0 radical (unpaired) electrons. The molecule has 2 atom stereocenters. The molecular weight excluding hydrogens is 166 g/mol. The molecule has 1 rings (SSSR count). The Morgan fingerprint density at radius 1 is 1.54 bits per heavy atom. The van der Waals surface area contributed by atoms with Crippen molar-refractivity contribution in [1.29, 1.82) is 0 Å². The van der Waals surface area contributed by atoms with Crippen molar-refractivity contribution >= 4 is 5.91 Å². The van der Waals surface area contributed by atoms with Gasteiger partial charge in [-0.05, 0) is 18.8 Å². The Morgan fingerprint density at radius 2 is 2.15 bits per heavy atom. The number of nitrogens with zero attached hydrogens (tertiary/aromatic N) is 1. The first-order chi connectivity index (χ1) is 6.04. The van der Waals surface area contributed by atoms with Crippen molar-refractivity contribution in [3.63, 3.8) is 0 Å². The minimum absolute atomic E-state index is 0.0532. The molecule has 0 aromatic heterocycles. The Morgan fingerprint density at radius 3 is 2.62 bits per heavy atom. The molecule has 76 valence electrons. The van der Waals surface area contributed by atoms with Crippen LogP contribution in [0.15, 0.2) is 0 Å². The summed E-state index contributed by atoms with van der Waals surface area (Å²) in [7, 11) is 0. The highest BCUT2D eigenvalue weighted by Gasteiger charge is 2.33. The number of carbonyl (C=O) groups is 1. The van der Waals surface area contributed by atoms with Crippen LogP contribution in [0.5, 0.6) is 0 Å². The second-order valence-electron chi connectivity index (χ2n) is 4.16. The van der Waals surface area contributed by atoms with Gasteiger partial charge in [-0.3, -0.25) is 4.79 Å². The molecule has 3 heteroatoms. The molecule has 3 nitrogen and oxygen atoms in total. The third-order valence-corrected chi connectivity index (χ3v) is 2.78. The van der Waals surface area contributed by atoms with Crippen molar-refractivity contribution in [3.05, 3.63) is 0 Å². The molecule has 1 heterocycles. The van der Waals surface area contributed by atoms with Crippen LogP contribution in [0.4, 0.5) is 0 Å². The molecule has 0 saturated carbocycles. The highest BCUT2D eigenvalue weighted by atomic mass is 16.3. The van der Waals surface area contributed by atoms with E-state index in [1.54, 1.807) is 11.8 Å². The van der Waals surface area contributed by atoms with E-state index in [0.717, 1.165) is 19.4 Å². The van der Waals surface area contributed by atoms with E-state index in [9.17, 15) is 9.90 Å². The maximum Gasteiger partial charge on any atom is 0.219 e. The van der Waals surface area contributed by atoms with Crippen LogP contribution in [0.25, 0.3) is 0 Å². The van der Waals surface area contributed by atoms with E-state index in [0.29, 0.717) is 0 Å². The lowest BCUT2D eigenvalue weighted by molar-refractivity contribution is -0.132. The van der Waals surface area contributed by atoms with Gasteiger partial charge in [0.05, 0.1) is 12.1 Å². The third-order valence-electron chi connectivity index (χ3n) is 2.78. The van der Waals surface area contributed by atoms with Gasteiger partial charge in [0, 0.05) is 13.5 Å². The van der Waals surface area contributed by atoms with Gasteiger partial charge in [-0.15, -0.1) is 0 Å². The molecule has 2 unspecified atom stereocenters. The Bertz CT molecular complexity index is 191. The lowest BCUT2D eigenvalue weighted by Crippen LogP contribution is -2.43. The minimum atomic E-state index is -0.369. The topological polar surface area (TPSA) is 40.5 Å². The molecule has 13 heavy (non-hydrogen) atoms. The van der Waals surface area contributed by atoms with Gasteiger partial charge in [0.1, 0.15) is 0 Å². The number of rotatable bonds is 2. The summed E-state index contributed by atoms with van der Waals surface area (Å²) in [5.74, 6) is 0.312. The first-order valence-corrected chi connectivity index (χ1v) is 4.99. The summed E-state index contributed by atoms with van der Waals surface area (Å²) >= 11 is 0. The van der Waals surface area contributed by atoms with Gasteiger partial charge < -0.3 is 10.0 Å². The highest BCUT2D eigenvalue weighted by molar-refractivity contribution is 5.74. The molecule has 0 spiro atoms. The van der Waals surface area contributed by atoms with Crippen LogP contribution >= 0.6 is 0 Å². The van der Waals surface area contributed by atoms with Gasteiger partial charge in [-0.2, -0.15) is 0 Å². The standard InChI is InChI=1S/C10H19NO2/c1-7(2)10(13)9-5-4-6-11(9)8(3)12/h7,9-10,13H,4-6H2,1-3H3. The fraction of sp³-hybridized carbons (Fsp3) is 0.900. The molecule has 1 N–H and O–H groups in total. The van der Waals surface area contributed by atoms with Crippen molar-refractivity contribution in [2.24, 2.45) is 5.92 Å². The van der Waals surface area contributed by atoms with Gasteiger partial charge in [-0.1, -0.05) is 13.8 Å². The summed E-state index contributed by atoms with van der Waals surface area (Å²) in [5, 5.41) is 9.85. The number of likely N-dealkylation sites (tertiary alicyclic amines) is 1. The van der Waals surface area contributed by atoms with E-state index in [-0.39, 0.29) is 24.0 Å². The maximum atomic E-state index is 11.2. The van der Waals surface area contributed by atoms with E-state index in [1.807, 2.05) is 13.8 Å². The van der Waals surface area contributed by atoms with Gasteiger partial charge in [-0.25, -0.2) is 0 Å². The molecule has 0 aliphatic carbocycles. The predicted molar refractivity (Wildman–Crippen MR) is 51.3 cm³/mol. The number of amides is 1. The highest BCUT2D eigenvalue weighted by Crippen LogP contribution is 2.23. The van der Waals surface area contributed by atoms with E-state index in [2.05, 4.69) is 0 Å². The van der Waals surface area contributed by atoms with E-state index >= 15 is 0 Å². The summed E-state index contributed by atoms with van der Waals surface area (Å²) < 4.78 is 0. The zero-order valence-corrected chi connectivity index (χ0v) is 8.66. The summed E-state index contributed by atoms with van der Waals surface area (Å²) in [5.41, 5.74) is 0. The van der Waals surface area contributed by atoms with Gasteiger partial charge in [0.15, 0.2) is 0 Å². The Kier molecular flexibility index (Phi) is 3.31. The normalized spacial score (nSPS) is 25.3. The quantitative estimate of drug-likeness (QED) is 0.697. The molecule has 1 aliphatic heterocycles. The average molecular weight is 185 g/mol. The second-order valence-corrected chi connectivity index (χ2v) is 4.16. The van der Waals surface area contributed by atoms with Crippen LogP contribution in [-0.4, -0.2) is 34.6 Å². The monoisotopic (exact) mass is 185 g/mol. The van der Waals surface area contributed by atoms with Crippen LogP contribution in [0.2, 0.25) is 0 Å². The Labute approximate surface area is 79.7 Å². The van der Waals surface area contributed by atoms with E-state index in [4.69, 9.17) is 0 Å².